The van der Waals surface area contributed by atoms with Crippen molar-refractivity contribution in [3.8, 4) is 0 Å². The first-order valence-corrected chi connectivity index (χ1v) is 9.29. The number of nitrogens with one attached hydrogen (secondary N) is 2. The van der Waals surface area contributed by atoms with Gasteiger partial charge in [-0.1, -0.05) is 0 Å². The van der Waals surface area contributed by atoms with Crippen molar-refractivity contribution in [1.82, 2.24) is 10.3 Å². The zero-order valence-electron chi connectivity index (χ0n) is 14.5. The molecular formula is C18H26N4O3. The van der Waals surface area contributed by atoms with E-state index in [2.05, 4.69) is 20.5 Å². The highest BCUT2D eigenvalue weighted by molar-refractivity contribution is 5.89. The summed E-state index contributed by atoms with van der Waals surface area (Å²) in [6.45, 7) is 3.49. The molecule has 2 N–H and O–H groups in total. The van der Waals surface area contributed by atoms with Gasteiger partial charge in [0.25, 0.3) is 0 Å². The Morgan fingerprint density at radius 1 is 1.16 bits per heavy atom. The second-order valence-corrected chi connectivity index (χ2v) is 7.08. The van der Waals surface area contributed by atoms with Crippen LogP contribution in [0.1, 0.15) is 38.5 Å². The number of hydrogen-bond donors (Lipinski definition) is 2. The average Bonchev–Trinajstić information content (AvgIpc) is 3.30. The van der Waals surface area contributed by atoms with E-state index in [-0.39, 0.29) is 17.9 Å². The molecule has 0 atom stereocenters. The molecule has 2 saturated heterocycles. The van der Waals surface area contributed by atoms with E-state index in [0.29, 0.717) is 13.2 Å². The normalized spacial score (nSPS) is 23.1. The standard InChI is InChI=1S/C18H26N4O3/c23-17(20-14-5-7-18(8-6-14)24-11-12-25-18)21-15-3-4-16(19-13-15)22-9-1-2-10-22/h3-4,13-14H,1-2,5-12H2,(H2,20,21,23). The number of nitrogens with zero attached hydrogens (tertiary/aromatic N) is 2. The van der Waals surface area contributed by atoms with E-state index >= 15 is 0 Å². The molecule has 3 heterocycles. The van der Waals surface area contributed by atoms with E-state index in [0.717, 1.165) is 50.3 Å². The van der Waals surface area contributed by atoms with E-state index in [9.17, 15) is 4.79 Å². The van der Waals surface area contributed by atoms with E-state index in [1.165, 1.54) is 12.8 Å². The number of carbonyl (C=O) groups is 1. The van der Waals surface area contributed by atoms with Crippen LogP contribution < -0.4 is 15.5 Å². The van der Waals surface area contributed by atoms with Crippen molar-refractivity contribution in [2.45, 2.75) is 50.4 Å². The van der Waals surface area contributed by atoms with Crippen LogP contribution in [0.3, 0.4) is 0 Å². The first kappa shape index (κ1) is 16.6. The minimum atomic E-state index is -0.385. The van der Waals surface area contributed by atoms with Crippen molar-refractivity contribution < 1.29 is 14.3 Å². The smallest absolute Gasteiger partial charge is 0.319 e. The zero-order valence-corrected chi connectivity index (χ0v) is 14.5. The van der Waals surface area contributed by atoms with Crippen LogP contribution in [0.15, 0.2) is 18.3 Å². The van der Waals surface area contributed by atoms with Crippen LogP contribution >= 0.6 is 0 Å². The van der Waals surface area contributed by atoms with Crippen LogP contribution in [-0.4, -0.2) is 49.1 Å². The Morgan fingerprint density at radius 2 is 1.88 bits per heavy atom. The van der Waals surface area contributed by atoms with Crippen molar-refractivity contribution in [1.29, 1.82) is 0 Å². The molecule has 7 nitrogen and oxygen atoms in total. The van der Waals surface area contributed by atoms with Crippen LogP contribution in [0.5, 0.6) is 0 Å². The van der Waals surface area contributed by atoms with Gasteiger partial charge in [0.05, 0.1) is 25.1 Å². The van der Waals surface area contributed by atoms with Gasteiger partial charge < -0.3 is 25.0 Å². The van der Waals surface area contributed by atoms with Gasteiger partial charge in [-0.3, -0.25) is 0 Å². The summed E-state index contributed by atoms with van der Waals surface area (Å²) in [6.07, 6.45) is 7.60. The molecule has 0 bridgehead atoms. The maximum atomic E-state index is 12.2. The van der Waals surface area contributed by atoms with Crippen molar-refractivity contribution in [2.24, 2.45) is 0 Å². The van der Waals surface area contributed by atoms with Crippen molar-refractivity contribution in [3.05, 3.63) is 18.3 Å². The minimum Gasteiger partial charge on any atom is -0.357 e. The van der Waals surface area contributed by atoms with E-state index in [1.807, 2.05) is 12.1 Å². The average molecular weight is 346 g/mol. The Balaban J connectivity index is 1.25. The Morgan fingerprint density at radius 3 is 2.52 bits per heavy atom. The summed E-state index contributed by atoms with van der Waals surface area (Å²) in [5.74, 6) is 0.599. The fraction of sp³-hybridized carbons (Fsp3) is 0.667. The molecule has 1 spiro atoms. The predicted molar refractivity (Wildman–Crippen MR) is 94.7 cm³/mol. The molecule has 25 heavy (non-hydrogen) atoms. The highest BCUT2D eigenvalue weighted by atomic mass is 16.7. The predicted octanol–water partition coefficient (Wildman–Crippen LogP) is 2.49. The Hall–Kier alpha value is -1.86. The molecular weight excluding hydrogens is 320 g/mol. The maximum absolute atomic E-state index is 12.2. The molecule has 4 rings (SSSR count). The Bertz CT molecular complexity index is 585. The quantitative estimate of drug-likeness (QED) is 0.879. The minimum absolute atomic E-state index is 0.162. The highest BCUT2D eigenvalue weighted by Crippen LogP contribution is 2.35. The summed E-state index contributed by atoms with van der Waals surface area (Å²) in [6, 6.07) is 3.87. The number of rotatable bonds is 3. The fourth-order valence-electron chi connectivity index (χ4n) is 3.93. The maximum Gasteiger partial charge on any atom is 0.319 e. The fourth-order valence-corrected chi connectivity index (χ4v) is 3.93. The molecule has 0 radical (unpaired) electrons. The van der Waals surface area contributed by atoms with E-state index in [4.69, 9.17) is 9.47 Å². The first-order chi connectivity index (χ1) is 12.2. The second kappa shape index (κ2) is 7.17. The van der Waals surface area contributed by atoms with Crippen LogP contribution in [-0.2, 0) is 9.47 Å². The highest BCUT2D eigenvalue weighted by Gasteiger charge is 2.40. The van der Waals surface area contributed by atoms with Crippen molar-refractivity contribution in [3.63, 3.8) is 0 Å². The van der Waals surface area contributed by atoms with Gasteiger partial charge in [-0.05, 0) is 37.8 Å². The molecule has 1 aromatic heterocycles. The summed E-state index contributed by atoms with van der Waals surface area (Å²) in [5, 5.41) is 5.92. The Kier molecular flexibility index (Phi) is 4.76. The lowest BCUT2D eigenvalue weighted by Gasteiger charge is -2.35. The molecule has 2 amide bonds. The number of pyridine rings is 1. The number of ether oxygens (including phenoxy) is 2. The monoisotopic (exact) mass is 346 g/mol. The van der Waals surface area contributed by atoms with Gasteiger partial charge >= 0.3 is 6.03 Å². The lowest BCUT2D eigenvalue weighted by atomic mass is 9.90. The van der Waals surface area contributed by atoms with Crippen LogP contribution in [0, 0.1) is 0 Å². The number of amides is 2. The molecule has 1 aliphatic carbocycles. The number of anilines is 2. The third-order valence-electron chi connectivity index (χ3n) is 5.33. The lowest BCUT2D eigenvalue weighted by molar-refractivity contribution is -0.179. The number of aromatic nitrogens is 1. The van der Waals surface area contributed by atoms with Gasteiger partial charge in [-0.15, -0.1) is 0 Å². The van der Waals surface area contributed by atoms with Gasteiger partial charge in [0.2, 0.25) is 0 Å². The second-order valence-electron chi connectivity index (χ2n) is 7.08. The zero-order chi connectivity index (χ0) is 17.1. The van der Waals surface area contributed by atoms with Gasteiger partial charge in [-0.2, -0.15) is 0 Å². The largest absolute Gasteiger partial charge is 0.357 e. The number of urea groups is 1. The van der Waals surface area contributed by atoms with E-state index in [1.54, 1.807) is 6.20 Å². The van der Waals surface area contributed by atoms with Crippen molar-refractivity contribution in [2.75, 3.05) is 36.5 Å². The van der Waals surface area contributed by atoms with Gasteiger partial charge in [0.15, 0.2) is 5.79 Å². The van der Waals surface area contributed by atoms with Gasteiger partial charge in [0.1, 0.15) is 5.82 Å². The summed E-state index contributed by atoms with van der Waals surface area (Å²) >= 11 is 0. The summed E-state index contributed by atoms with van der Waals surface area (Å²) in [5.41, 5.74) is 0.718. The van der Waals surface area contributed by atoms with Crippen LogP contribution in [0.25, 0.3) is 0 Å². The van der Waals surface area contributed by atoms with Gasteiger partial charge in [0, 0.05) is 32.0 Å². The van der Waals surface area contributed by atoms with Crippen molar-refractivity contribution >= 4 is 17.5 Å². The van der Waals surface area contributed by atoms with Gasteiger partial charge in [-0.25, -0.2) is 9.78 Å². The molecule has 7 heteroatoms. The molecule has 3 aliphatic rings. The summed E-state index contributed by atoms with van der Waals surface area (Å²) < 4.78 is 11.4. The number of carbonyl (C=O) groups excluding carboxylic acids is 1. The molecule has 136 valence electrons. The molecule has 1 aromatic rings. The lowest BCUT2D eigenvalue weighted by Crippen LogP contribution is -2.45. The third-order valence-corrected chi connectivity index (χ3v) is 5.33. The molecule has 3 fully saturated rings. The van der Waals surface area contributed by atoms with Crippen LogP contribution in [0.4, 0.5) is 16.3 Å². The van der Waals surface area contributed by atoms with E-state index < -0.39 is 0 Å². The summed E-state index contributed by atoms with van der Waals surface area (Å²) in [7, 11) is 0. The third kappa shape index (κ3) is 3.88. The van der Waals surface area contributed by atoms with Crippen LogP contribution in [0.2, 0.25) is 0 Å². The SMILES string of the molecule is O=C(Nc1ccc(N2CCCC2)nc1)NC1CCC2(CC1)OCCO2. The summed E-state index contributed by atoms with van der Waals surface area (Å²) in [4.78, 5) is 18.9. The topological polar surface area (TPSA) is 75.7 Å². The first-order valence-electron chi connectivity index (χ1n) is 9.29. The molecule has 2 aliphatic heterocycles. The Labute approximate surface area is 148 Å². The number of hydrogen-bond acceptors (Lipinski definition) is 5. The molecule has 0 aromatic carbocycles. The molecule has 0 unspecified atom stereocenters. The molecule has 1 saturated carbocycles.